The van der Waals surface area contributed by atoms with Crippen LogP contribution < -0.4 is 10.6 Å². The zero-order chi connectivity index (χ0) is 18.4. The smallest absolute Gasteiger partial charge is 0.238 e. The molecular weight excluding hydrogens is 342 g/mol. The first-order chi connectivity index (χ1) is 11.8. The Kier molecular flexibility index (Phi) is 6.35. The fourth-order valence-corrected chi connectivity index (χ4v) is 2.63. The highest BCUT2D eigenvalue weighted by Crippen LogP contribution is 2.16. The van der Waals surface area contributed by atoms with Crippen molar-refractivity contribution in [3.63, 3.8) is 0 Å². The van der Waals surface area contributed by atoms with Gasteiger partial charge in [0.2, 0.25) is 11.8 Å². The molecule has 0 bridgehead atoms. The van der Waals surface area contributed by atoms with Gasteiger partial charge in [-0.25, -0.2) is 0 Å². The first-order valence-electron chi connectivity index (χ1n) is 7.62. The Morgan fingerprint density at radius 2 is 2.00 bits per heavy atom. The number of nitrogens with zero attached hydrogens (tertiary/aromatic N) is 1. The largest absolute Gasteiger partial charge is 0.360 e. The van der Waals surface area contributed by atoms with Gasteiger partial charge in [-0.2, -0.15) is 0 Å². The lowest BCUT2D eigenvalue weighted by molar-refractivity contribution is -0.115. The average molecular weight is 361 g/mol. The molecule has 132 valence electrons. The molecule has 25 heavy (non-hydrogen) atoms. The maximum atomic E-state index is 12.0. The summed E-state index contributed by atoms with van der Waals surface area (Å²) < 4.78 is 4.88. The molecule has 0 saturated heterocycles. The van der Waals surface area contributed by atoms with Crippen molar-refractivity contribution >= 4 is 40.9 Å². The van der Waals surface area contributed by atoms with Crippen LogP contribution in [0.15, 0.2) is 34.9 Å². The second kappa shape index (κ2) is 8.48. The van der Waals surface area contributed by atoms with E-state index in [0.29, 0.717) is 22.8 Å². The van der Waals surface area contributed by atoms with Crippen molar-refractivity contribution in [1.29, 1.82) is 0 Å². The minimum absolute atomic E-state index is 0.0705. The van der Waals surface area contributed by atoms with Gasteiger partial charge in [-0.15, -0.1) is 11.8 Å². The lowest BCUT2D eigenvalue weighted by Crippen LogP contribution is -2.25. The molecule has 0 aliphatic carbocycles. The Hall–Kier alpha value is -2.61. The van der Waals surface area contributed by atoms with Gasteiger partial charge < -0.3 is 15.2 Å². The van der Waals surface area contributed by atoms with Gasteiger partial charge in [-0.1, -0.05) is 17.3 Å². The number of carbonyl (C=O) groups excluding carboxylic acids is 3. The summed E-state index contributed by atoms with van der Waals surface area (Å²) in [6.07, 6.45) is 0. The summed E-state index contributed by atoms with van der Waals surface area (Å²) in [5.74, 6) is 0.478. The van der Waals surface area contributed by atoms with Gasteiger partial charge in [0, 0.05) is 17.3 Å². The highest BCUT2D eigenvalue weighted by Gasteiger charge is 2.17. The van der Waals surface area contributed by atoms with Crippen LogP contribution in [-0.2, 0) is 9.59 Å². The monoisotopic (exact) mass is 361 g/mol. The van der Waals surface area contributed by atoms with Crippen molar-refractivity contribution in [2.24, 2.45) is 0 Å². The van der Waals surface area contributed by atoms with E-state index in [4.69, 9.17) is 4.52 Å². The fourth-order valence-electron chi connectivity index (χ4n) is 1.94. The average Bonchev–Trinajstić information content (AvgIpc) is 2.97. The van der Waals surface area contributed by atoms with Gasteiger partial charge in [0.15, 0.2) is 11.6 Å². The Labute approximate surface area is 149 Å². The molecule has 8 heteroatoms. The van der Waals surface area contributed by atoms with Crippen LogP contribution in [0.4, 0.5) is 11.5 Å². The number of rotatable bonds is 7. The minimum Gasteiger partial charge on any atom is -0.360 e. The number of aryl methyl sites for hydroxylation is 1. The van der Waals surface area contributed by atoms with Gasteiger partial charge in [0.25, 0.3) is 0 Å². The molecule has 0 aliphatic rings. The molecule has 2 rings (SSSR count). The lowest BCUT2D eigenvalue weighted by Gasteiger charge is -2.11. The fraction of sp³-hybridized carbons (Fsp3) is 0.294. The van der Waals surface area contributed by atoms with E-state index < -0.39 is 5.25 Å². The van der Waals surface area contributed by atoms with E-state index in [0.717, 1.165) is 0 Å². The van der Waals surface area contributed by atoms with Gasteiger partial charge in [-0.05, 0) is 32.9 Å². The molecule has 0 aliphatic heterocycles. The molecule has 0 unspecified atom stereocenters. The highest BCUT2D eigenvalue weighted by atomic mass is 32.2. The topological polar surface area (TPSA) is 101 Å². The Morgan fingerprint density at radius 3 is 2.64 bits per heavy atom. The number of aromatic nitrogens is 1. The number of anilines is 2. The molecule has 0 fully saturated rings. The van der Waals surface area contributed by atoms with Crippen molar-refractivity contribution in [2.45, 2.75) is 26.0 Å². The Bertz CT molecular complexity index is 788. The number of nitrogens with one attached hydrogen (secondary N) is 2. The molecule has 1 heterocycles. The summed E-state index contributed by atoms with van der Waals surface area (Å²) in [5, 5.41) is 8.59. The van der Waals surface area contributed by atoms with Gasteiger partial charge >= 0.3 is 0 Å². The first kappa shape index (κ1) is 18.7. The van der Waals surface area contributed by atoms with Gasteiger partial charge in [0.05, 0.1) is 11.0 Å². The molecule has 1 atom stereocenters. The van der Waals surface area contributed by atoms with Crippen molar-refractivity contribution in [1.82, 2.24) is 5.16 Å². The molecule has 1 aromatic heterocycles. The number of benzene rings is 1. The maximum absolute atomic E-state index is 12.0. The van der Waals surface area contributed by atoms with Crippen LogP contribution >= 0.6 is 11.8 Å². The SMILES string of the molecule is CC(=O)c1cccc(NC(=O)CS[C@@H](C)C(=O)Nc2cc(C)on2)c1. The van der Waals surface area contributed by atoms with Crippen LogP contribution in [0.3, 0.4) is 0 Å². The predicted octanol–water partition coefficient (Wildman–Crippen LogP) is 2.88. The van der Waals surface area contributed by atoms with Crippen LogP contribution in [0.5, 0.6) is 0 Å². The second-order valence-corrected chi connectivity index (χ2v) is 6.78. The highest BCUT2D eigenvalue weighted by molar-refractivity contribution is 8.01. The van der Waals surface area contributed by atoms with Gasteiger partial charge in [0.1, 0.15) is 5.76 Å². The van der Waals surface area contributed by atoms with E-state index in [1.54, 1.807) is 44.2 Å². The Morgan fingerprint density at radius 1 is 1.24 bits per heavy atom. The van der Waals surface area contributed by atoms with E-state index >= 15 is 0 Å². The van der Waals surface area contributed by atoms with Crippen LogP contribution in [-0.4, -0.2) is 33.8 Å². The molecule has 7 nitrogen and oxygen atoms in total. The normalized spacial score (nSPS) is 11.6. The summed E-state index contributed by atoms with van der Waals surface area (Å²) in [7, 11) is 0. The van der Waals surface area contributed by atoms with Gasteiger partial charge in [-0.3, -0.25) is 14.4 Å². The maximum Gasteiger partial charge on any atom is 0.238 e. The third-order valence-corrected chi connectivity index (χ3v) is 4.41. The van der Waals surface area contributed by atoms with E-state index in [1.165, 1.54) is 18.7 Å². The van der Waals surface area contributed by atoms with E-state index in [9.17, 15) is 14.4 Å². The minimum atomic E-state index is -0.439. The second-order valence-electron chi connectivity index (χ2n) is 5.45. The summed E-state index contributed by atoms with van der Waals surface area (Å²) in [5.41, 5.74) is 1.08. The van der Waals surface area contributed by atoms with Crippen LogP contribution in [0.2, 0.25) is 0 Å². The van der Waals surface area contributed by atoms with Crippen molar-refractivity contribution in [3.8, 4) is 0 Å². The summed E-state index contributed by atoms with van der Waals surface area (Å²) >= 11 is 1.20. The van der Waals surface area contributed by atoms with Crippen molar-refractivity contribution < 1.29 is 18.9 Å². The quantitative estimate of drug-likeness (QED) is 0.735. The molecule has 2 N–H and O–H groups in total. The number of carbonyl (C=O) groups is 3. The zero-order valence-corrected chi connectivity index (χ0v) is 15.0. The lowest BCUT2D eigenvalue weighted by atomic mass is 10.1. The van der Waals surface area contributed by atoms with E-state index in [2.05, 4.69) is 15.8 Å². The molecule has 2 amide bonds. The molecule has 0 spiro atoms. The predicted molar refractivity (Wildman–Crippen MR) is 96.9 cm³/mol. The Balaban J connectivity index is 1.81. The van der Waals surface area contributed by atoms with E-state index in [-0.39, 0.29) is 23.4 Å². The first-order valence-corrected chi connectivity index (χ1v) is 8.66. The van der Waals surface area contributed by atoms with Crippen LogP contribution in [0, 0.1) is 6.92 Å². The number of thioether (sulfide) groups is 1. The number of Topliss-reactive ketones (excluding diaryl/α,β-unsaturated/α-hetero) is 1. The van der Waals surface area contributed by atoms with Crippen molar-refractivity contribution in [2.75, 3.05) is 16.4 Å². The van der Waals surface area contributed by atoms with Crippen LogP contribution in [0.1, 0.15) is 30.0 Å². The zero-order valence-electron chi connectivity index (χ0n) is 14.2. The molecule has 1 aromatic carbocycles. The number of ketones is 1. The third-order valence-electron chi connectivity index (χ3n) is 3.27. The van der Waals surface area contributed by atoms with Crippen LogP contribution in [0.25, 0.3) is 0 Å². The molecule has 0 saturated carbocycles. The summed E-state index contributed by atoms with van der Waals surface area (Å²) in [6, 6.07) is 8.33. The van der Waals surface area contributed by atoms with E-state index in [1.807, 2.05) is 0 Å². The molecule has 2 aromatic rings. The summed E-state index contributed by atoms with van der Waals surface area (Å²) in [6.45, 7) is 4.90. The number of hydrogen-bond acceptors (Lipinski definition) is 6. The third kappa shape index (κ3) is 5.75. The standard InChI is InChI=1S/C17H19N3O4S/c1-10-7-15(20-24-10)19-17(23)12(3)25-9-16(22)18-14-6-4-5-13(8-14)11(2)21/h4-8,12H,9H2,1-3H3,(H,18,22)(H,19,20,23)/t12-/m0/s1. The number of amides is 2. The summed E-state index contributed by atoms with van der Waals surface area (Å²) in [4.78, 5) is 35.4. The number of hydrogen-bond donors (Lipinski definition) is 2. The molecule has 0 radical (unpaired) electrons. The van der Waals surface area contributed by atoms with Crippen molar-refractivity contribution in [3.05, 3.63) is 41.7 Å². The molecular formula is C17H19N3O4S.